The minimum absolute atomic E-state index is 0.0137. The van der Waals surface area contributed by atoms with Gasteiger partial charge in [0, 0.05) is 0 Å². The van der Waals surface area contributed by atoms with Crippen LogP contribution in [0.3, 0.4) is 0 Å². The lowest BCUT2D eigenvalue weighted by atomic mass is 9.75. The first-order valence-electron chi connectivity index (χ1n) is 13.3. The third kappa shape index (κ3) is 7.37. The van der Waals surface area contributed by atoms with Crippen molar-refractivity contribution < 1.29 is 27.5 Å². The van der Waals surface area contributed by atoms with E-state index in [4.69, 9.17) is 9.47 Å². The molecule has 1 N–H and O–H groups in total. The molecule has 1 fully saturated rings. The van der Waals surface area contributed by atoms with Gasteiger partial charge in [-0.25, -0.2) is 18.0 Å². The maximum atomic E-state index is 13.3. The summed E-state index contributed by atoms with van der Waals surface area (Å²) >= 11 is 0. The second-order valence-corrected chi connectivity index (χ2v) is 13.5. The van der Waals surface area contributed by atoms with Crippen molar-refractivity contribution in [2.45, 2.75) is 84.1 Å². The second-order valence-electron chi connectivity index (χ2n) is 11.8. The molecule has 0 aromatic heterocycles. The lowest BCUT2D eigenvalue weighted by molar-refractivity contribution is -0.159. The van der Waals surface area contributed by atoms with Gasteiger partial charge >= 0.3 is 11.9 Å². The summed E-state index contributed by atoms with van der Waals surface area (Å²) in [6.07, 6.45) is 2.71. The van der Waals surface area contributed by atoms with Gasteiger partial charge in [0.2, 0.25) is 0 Å². The van der Waals surface area contributed by atoms with Gasteiger partial charge in [0.05, 0.1) is 16.1 Å². The molecule has 8 heteroatoms. The van der Waals surface area contributed by atoms with Gasteiger partial charge < -0.3 is 9.47 Å². The second kappa shape index (κ2) is 11.9. The van der Waals surface area contributed by atoms with E-state index in [-0.39, 0.29) is 33.6 Å². The van der Waals surface area contributed by atoms with Crippen LogP contribution in [-0.2, 0) is 29.7 Å². The highest BCUT2D eigenvalue weighted by Crippen LogP contribution is 2.35. The van der Waals surface area contributed by atoms with Crippen LogP contribution in [0, 0.1) is 24.7 Å². The number of carbonyl (C=O) groups is 2. The summed E-state index contributed by atoms with van der Waals surface area (Å²) in [5, 5.41) is 0. The van der Waals surface area contributed by atoms with Gasteiger partial charge in [-0.1, -0.05) is 72.2 Å². The summed E-state index contributed by atoms with van der Waals surface area (Å²) in [6.45, 7) is 13.6. The van der Waals surface area contributed by atoms with Crippen LogP contribution in [0.2, 0.25) is 0 Å². The SMILES string of the molecule is Cc1ccc(C(C)(C)C)cc1S(=O)(=O)Nc1ccccc1C(=O)OCC(=O)O[C@@H]1C[C@H](C)CC[C@H]1C(C)C. The molecular weight excluding hydrogens is 502 g/mol. The number of ether oxygens (including phenoxy) is 2. The zero-order valence-electron chi connectivity index (χ0n) is 23.5. The average Bonchev–Trinajstić information content (AvgIpc) is 2.82. The van der Waals surface area contributed by atoms with Crippen molar-refractivity contribution in [3.8, 4) is 0 Å². The Morgan fingerprint density at radius 2 is 1.76 bits per heavy atom. The lowest BCUT2D eigenvalue weighted by Crippen LogP contribution is -2.36. The van der Waals surface area contributed by atoms with E-state index in [1.165, 1.54) is 12.1 Å². The molecule has 38 heavy (non-hydrogen) atoms. The standard InChI is InChI=1S/C30H41NO6S/c1-19(2)23-15-12-20(3)16-26(23)37-28(32)18-36-29(33)24-10-8-9-11-25(24)31-38(34,35)27-17-22(30(5,6)7)14-13-21(27)4/h8-11,13-14,17,19-20,23,26,31H,12,15-16,18H2,1-7H3/t20-,23+,26-/m1/s1. The highest BCUT2D eigenvalue weighted by Gasteiger charge is 2.33. The number of hydrogen-bond acceptors (Lipinski definition) is 6. The van der Waals surface area contributed by atoms with Gasteiger partial charge in [0.1, 0.15) is 6.10 Å². The fourth-order valence-corrected chi connectivity index (χ4v) is 6.31. The summed E-state index contributed by atoms with van der Waals surface area (Å²) in [5.41, 5.74) is 1.32. The predicted molar refractivity (Wildman–Crippen MR) is 149 cm³/mol. The molecule has 0 unspecified atom stereocenters. The molecule has 0 heterocycles. The van der Waals surface area contributed by atoms with Crippen molar-refractivity contribution in [1.82, 2.24) is 0 Å². The summed E-state index contributed by atoms with van der Waals surface area (Å²) in [7, 11) is -4.00. The van der Waals surface area contributed by atoms with Gasteiger partial charge in [-0.2, -0.15) is 0 Å². The number of esters is 2. The molecule has 1 aliphatic carbocycles. The minimum Gasteiger partial charge on any atom is -0.460 e. The van der Waals surface area contributed by atoms with E-state index in [1.807, 2.05) is 26.8 Å². The number of nitrogens with one attached hydrogen (secondary N) is 1. The van der Waals surface area contributed by atoms with Crippen molar-refractivity contribution in [2.24, 2.45) is 17.8 Å². The van der Waals surface area contributed by atoms with Crippen LogP contribution in [-0.4, -0.2) is 33.1 Å². The molecule has 0 saturated heterocycles. The first-order chi connectivity index (χ1) is 17.7. The summed E-state index contributed by atoms with van der Waals surface area (Å²) in [5.74, 6) is -0.275. The number of carbonyl (C=O) groups excluding carboxylic acids is 2. The number of anilines is 1. The molecule has 1 saturated carbocycles. The third-order valence-corrected chi connectivity index (χ3v) is 8.81. The van der Waals surface area contributed by atoms with Crippen molar-refractivity contribution in [3.63, 3.8) is 0 Å². The van der Waals surface area contributed by atoms with E-state index in [9.17, 15) is 18.0 Å². The van der Waals surface area contributed by atoms with Gasteiger partial charge in [-0.05, 0) is 72.3 Å². The highest BCUT2D eigenvalue weighted by molar-refractivity contribution is 7.92. The number of sulfonamides is 1. The lowest BCUT2D eigenvalue weighted by Gasteiger charge is -2.36. The van der Waals surface area contributed by atoms with E-state index >= 15 is 0 Å². The molecule has 1 aliphatic rings. The Bertz CT molecular complexity index is 1260. The molecule has 0 bridgehead atoms. The van der Waals surface area contributed by atoms with E-state index in [1.54, 1.807) is 31.2 Å². The molecular formula is C30H41NO6S. The largest absolute Gasteiger partial charge is 0.460 e. The molecule has 0 spiro atoms. The Hall–Kier alpha value is -2.87. The molecule has 3 atom stereocenters. The minimum atomic E-state index is -4.00. The van der Waals surface area contributed by atoms with Crippen LogP contribution < -0.4 is 4.72 Å². The summed E-state index contributed by atoms with van der Waals surface area (Å²) in [4.78, 5) is 25.6. The van der Waals surface area contributed by atoms with Crippen LogP contribution in [0.5, 0.6) is 0 Å². The topological polar surface area (TPSA) is 98.8 Å². The predicted octanol–water partition coefficient (Wildman–Crippen LogP) is 6.25. The quantitative estimate of drug-likeness (QED) is 0.395. The van der Waals surface area contributed by atoms with Crippen LogP contribution in [0.1, 0.15) is 82.3 Å². The Morgan fingerprint density at radius 3 is 2.42 bits per heavy atom. The van der Waals surface area contributed by atoms with Crippen molar-refractivity contribution in [3.05, 3.63) is 59.2 Å². The molecule has 7 nitrogen and oxygen atoms in total. The number of aryl methyl sites for hydroxylation is 1. The van der Waals surface area contributed by atoms with Crippen molar-refractivity contribution in [2.75, 3.05) is 11.3 Å². The summed E-state index contributed by atoms with van der Waals surface area (Å²) in [6, 6.07) is 11.5. The molecule has 0 amide bonds. The molecule has 0 aliphatic heterocycles. The van der Waals surface area contributed by atoms with Crippen LogP contribution in [0.4, 0.5) is 5.69 Å². The Balaban J connectivity index is 1.72. The van der Waals surface area contributed by atoms with E-state index in [0.717, 1.165) is 24.8 Å². The Labute approximate surface area is 227 Å². The van der Waals surface area contributed by atoms with Crippen molar-refractivity contribution >= 4 is 27.6 Å². The van der Waals surface area contributed by atoms with Gasteiger partial charge in [-0.15, -0.1) is 0 Å². The number of rotatable bonds is 8. The van der Waals surface area contributed by atoms with Gasteiger partial charge in [-0.3, -0.25) is 4.72 Å². The number of para-hydroxylation sites is 1. The number of hydrogen-bond donors (Lipinski definition) is 1. The summed E-state index contributed by atoms with van der Waals surface area (Å²) < 4.78 is 40.2. The first kappa shape index (κ1) is 29.7. The third-order valence-electron chi connectivity index (χ3n) is 7.30. The van der Waals surface area contributed by atoms with Crippen molar-refractivity contribution in [1.29, 1.82) is 0 Å². The zero-order chi connectivity index (χ0) is 28.3. The smallest absolute Gasteiger partial charge is 0.344 e. The first-order valence-corrected chi connectivity index (χ1v) is 14.8. The van der Waals surface area contributed by atoms with Gasteiger partial charge in [0.25, 0.3) is 10.0 Å². The normalized spacial score (nSPS) is 20.2. The van der Waals surface area contributed by atoms with Crippen LogP contribution >= 0.6 is 0 Å². The Morgan fingerprint density at radius 1 is 1.08 bits per heavy atom. The fraction of sp³-hybridized carbons (Fsp3) is 0.533. The van der Waals surface area contributed by atoms with Gasteiger partial charge in [0.15, 0.2) is 6.61 Å². The molecule has 208 valence electrons. The highest BCUT2D eigenvalue weighted by atomic mass is 32.2. The van der Waals surface area contributed by atoms with E-state index in [2.05, 4.69) is 25.5 Å². The molecule has 2 aromatic carbocycles. The maximum Gasteiger partial charge on any atom is 0.344 e. The molecule has 3 rings (SSSR count). The average molecular weight is 544 g/mol. The monoisotopic (exact) mass is 543 g/mol. The fourth-order valence-electron chi connectivity index (χ4n) is 4.96. The van der Waals surface area contributed by atoms with E-state index in [0.29, 0.717) is 17.4 Å². The zero-order valence-corrected chi connectivity index (χ0v) is 24.4. The Kier molecular flexibility index (Phi) is 9.29. The van der Waals surface area contributed by atoms with Crippen LogP contribution in [0.15, 0.2) is 47.4 Å². The molecule has 2 aromatic rings. The number of benzene rings is 2. The van der Waals surface area contributed by atoms with E-state index < -0.39 is 28.6 Å². The molecule has 0 radical (unpaired) electrons. The van der Waals surface area contributed by atoms with Crippen LogP contribution in [0.25, 0.3) is 0 Å². The maximum absolute atomic E-state index is 13.3.